The van der Waals surface area contributed by atoms with Gasteiger partial charge < -0.3 is 0 Å². The zero-order chi connectivity index (χ0) is 37.2. The quantitative estimate of drug-likeness (QED) is 0.157. The maximum absolute atomic E-state index is 2.43. The lowest BCUT2D eigenvalue weighted by Crippen LogP contribution is -1.90. The standard InChI is InChI=1S/C54H30S3/c1-2-10-31(11-3-1)51-39-13-4-6-15-41(39)52(42-16-7-5-14-40(42)51)35-20-22-38-45-27-33(21-25-48(45)55-49(38)29-35)32-18-19-34-28-46-44-24-23-43-37-12-8-9-17-47(37)56-53(43)54(44)57-50(46)30-36(34)26-32/h1-30H. The minimum absolute atomic E-state index is 1.25. The second kappa shape index (κ2) is 12.1. The lowest BCUT2D eigenvalue weighted by Gasteiger charge is -2.17. The Bertz CT molecular complexity index is 3750. The molecule has 0 aliphatic heterocycles. The Balaban J connectivity index is 0.930. The summed E-state index contributed by atoms with van der Waals surface area (Å²) in [5.41, 5.74) is 7.63. The van der Waals surface area contributed by atoms with Crippen molar-refractivity contribution in [3.05, 3.63) is 182 Å². The zero-order valence-corrected chi connectivity index (χ0v) is 33.0. The molecule has 13 rings (SSSR count). The third kappa shape index (κ3) is 4.71. The van der Waals surface area contributed by atoms with Gasteiger partial charge in [-0.05, 0) is 108 Å². The van der Waals surface area contributed by atoms with Gasteiger partial charge in [0.2, 0.25) is 0 Å². The first-order valence-corrected chi connectivity index (χ1v) is 21.8. The molecule has 3 heteroatoms. The van der Waals surface area contributed by atoms with Crippen molar-refractivity contribution in [3.8, 4) is 33.4 Å². The fourth-order valence-electron chi connectivity index (χ4n) is 9.41. The number of hydrogen-bond donors (Lipinski definition) is 0. The minimum atomic E-state index is 1.25. The molecule has 0 amide bonds. The molecule has 0 bridgehead atoms. The summed E-state index contributed by atoms with van der Waals surface area (Å²) < 4.78 is 8.16. The first-order chi connectivity index (χ1) is 28.2. The van der Waals surface area contributed by atoms with Gasteiger partial charge >= 0.3 is 0 Å². The van der Waals surface area contributed by atoms with Crippen molar-refractivity contribution in [1.29, 1.82) is 0 Å². The third-order valence-corrected chi connectivity index (χ3v) is 15.7. The van der Waals surface area contributed by atoms with E-state index in [9.17, 15) is 0 Å². The van der Waals surface area contributed by atoms with Crippen LogP contribution in [-0.2, 0) is 0 Å². The Morgan fingerprint density at radius 2 is 0.737 bits per heavy atom. The van der Waals surface area contributed by atoms with Crippen molar-refractivity contribution in [2.45, 2.75) is 0 Å². The molecule has 0 aliphatic carbocycles. The first kappa shape index (κ1) is 31.8. The first-order valence-electron chi connectivity index (χ1n) is 19.4. The van der Waals surface area contributed by atoms with Crippen LogP contribution in [0.15, 0.2) is 182 Å². The molecule has 0 saturated carbocycles. The van der Waals surface area contributed by atoms with E-state index in [-0.39, 0.29) is 0 Å². The van der Waals surface area contributed by atoms with E-state index in [1.165, 1.54) is 126 Å². The lowest BCUT2D eigenvalue weighted by molar-refractivity contribution is 1.66. The summed E-state index contributed by atoms with van der Waals surface area (Å²) in [6.07, 6.45) is 0. The molecular formula is C54H30S3. The molecule has 0 unspecified atom stereocenters. The van der Waals surface area contributed by atoms with Gasteiger partial charge in [0.05, 0.1) is 9.40 Å². The number of rotatable bonds is 3. The minimum Gasteiger partial charge on any atom is -0.135 e. The van der Waals surface area contributed by atoms with E-state index in [4.69, 9.17) is 0 Å². The van der Waals surface area contributed by atoms with Crippen molar-refractivity contribution in [2.24, 2.45) is 0 Å². The van der Waals surface area contributed by atoms with Crippen LogP contribution in [0.1, 0.15) is 0 Å². The molecule has 0 spiro atoms. The van der Waals surface area contributed by atoms with E-state index in [1.54, 1.807) is 0 Å². The van der Waals surface area contributed by atoms with Crippen LogP contribution in [0, 0.1) is 0 Å². The van der Waals surface area contributed by atoms with E-state index in [0.29, 0.717) is 0 Å². The van der Waals surface area contributed by atoms with Gasteiger partial charge in [-0.3, -0.25) is 0 Å². The Morgan fingerprint density at radius 3 is 1.49 bits per heavy atom. The number of fused-ring (bicyclic) bond motifs is 13. The highest BCUT2D eigenvalue weighted by Crippen LogP contribution is 2.47. The third-order valence-electron chi connectivity index (χ3n) is 12.0. The summed E-state index contributed by atoms with van der Waals surface area (Å²) in [5, 5.41) is 15.8. The van der Waals surface area contributed by atoms with Gasteiger partial charge in [-0.1, -0.05) is 140 Å². The summed E-state index contributed by atoms with van der Waals surface area (Å²) in [6.45, 7) is 0. The van der Waals surface area contributed by atoms with Crippen LogP contribution in [0.25, 0.3) is 126 Å². The normalized spacial score (nSPS) is 12.2. The van der Waals surface area contributed by atoms with Gasteiger partial charge in [-0.25, -0.2) is 0 Å². The highest BCUT2D eigenvalue weighted by Gasteiger charge is 2.18. The average molecular weight is 775 g/mol. The van der Waals surface area contributed by atoms with E-state index in [2.05, 4.69) is 182 Å². The van der Waals surface area contributed by atoms with E-state index >= 15 is 0 Å². The lowest BCUT2D eigenvalue weighted by atomic mass is 9.86. The molecule has 10 aromatic carbocycles. The van der Waals surface area contributed by atoms with E-state index in [0.717, 1.165) is 0 Å². The maximum atomic E-state index is 2.43. The van der Waals surface area contributed by atoms with Gasteiger partial charge in [0.1, 0.15) is 0 Å². The molecule has 0 aliphatic rings. The molecule has 264 valence electrons. The Kier molecular flexibility index (Phi) is 6.73. The fourth-order valence-corrected chi connectivity index (χ4v) is 13.1. The number of hydrogen-bond acceptors (Lipinski definition) is 3. The van der Waals surface area contributed by atoms with Crippen LogP contribution in [0.2, 0.25) is 0 Å². The van der Waals surface area contributed by atoms with Crippen LogP contribution in [0.3, 0.4) is 0 Å². The van der Waals surface area contributed by atoms with Crippen LogP contribution in [-0.4, -0.2) is 0 Å². The molecule has 0 fully saturated rings. The maximum Gasteiger partial charge on any atom is 0.0534 e. The highest BCUT2D eigenvalue weighted by molar-refractivity contribution is 7.33. The van der Waals surface area contributed by atoms with Crippen LogP contribution < -0.4 is 0 Å². The summed E-state index contributed by atoms with van der Waals surface area (Å²) in [4.78, 5) is 0. The van der Waals surface area contributed by atoms with Crippen molar-refractivity contribution in [3.63, 3.8) is 0 Å². The SMILES string of the molecule is c1ccc(-c2c3ccccc3c(-c3ccc4c(c3)sc3ccc(-c5ccc6cc7c(cc6c5)sc5c7ccc6c7ccccc7sc65)cc34)c3ccccc23)cc1. The molecule has 3 aromatic heterocycles. The van der Waals surface area contributed by atoms with Crippen LogP contribution >= 0.6 is 34.0 Å². The number of thiophene rings is 3. The predicted octanol–water partition coefficient (Wildman–Crippen LogP) is 17.3. The van der Waals surface area contributed by atoms with Gasteiger partial charge in [0, 0.05) is 51.1 Å². The molecule has 0 atom stereocenters. The average Bonchev–Trinajstić information content (AvgIpc) is 3.95. The summed E-state index contributed by atoms with van der Waals surface area (Å²) in [5.74, 6) is 0. The molecular weight excluding hydrogens is 745 g/mol. The van der Waals surface area contributed by atoms with Gasteiger partial charge in [-0.2, -0.15) is 0 Å². The molecule has 57 heavy (non-hydrogen) atoms. The molecule has 0 N–H and O–H groups in total. The second-order valence-corrected chi connectivity index (χ2v) is 18.3. The summed E-state index contributed by atoms with van der Waals surface area (Å²) in [6, 6.07) is 68.1. The van der Waals surface area contributed by atoms with Crippen molar-refractivity contribution < 1.29 is 0 Å². The van der Waals surface area contributed by atoms with Crippen molar-refractivity contribution >= 4 is 127 Å². The van der Waals surface area contributed by atoms with E-state index in [1.807, 2.05) is 34.0 Å². The molecule has 3 heterocycles. The Hall–Kier alpha value is -6.36. The fraction of sp³-hybridized carbons (Fsp3) is 0. The predicted molar refractivity (Wildman–Crippen MR) is 254 cm³/mol. The zero-order valence-electron chi connectivity index (χ0n) is 30.5. The van der Waals surface area contributed by atoms with Gasteiger partial charge in [0.15, 0.2) is 0 Å². The van der Waals surface area contributed by atoms with Crippen molar-refractivity contribution in [1.82, 2.24) is 0 Å². The smallest absolute Gasteiger partial charge is 0.0534 e. The van der Waals surface area contributed by atoms with Crippen LogP contribution in [0.4, 0.5) is 0 Å². The molecule has 0 nitrogen and oxygen atoms in total. The summed E-state index contributed by atoms with van der Waals surface area (Å²) in [7, 11) is 0. The molecule has 0 radical (unpaired) electrons. The van der Waals surface area contributed by atoms with E-state index < -0.39 is 0 Å². The second-order valence-electron chi connectivity index (χ2n) is 15.2. The Labute approximate surface area is 340 Å². The molecule has 13 aromatic rings. The van der Waals surface area contributed by atoms with Crippen molar-refractivity contribution in [2.75, 3.05) is 0 Å². The summed E-state index contributed by atoms with van der Waals surface area (Å²) >= 11 is 5.76. The number of benzene rings is 10. The van der Waals surface area contributed by atoms with Crippen LogP contribution in [0.5, 0.6) is 0 Å². The van der Waals surface area contributed by atoms with Gasteiger partial charge in [0.25, 0.3) is 0 Å². The monoisotopic (exact) mass is 774 g/mol. The topological polar surface area (TPSA) is 0 Å². The largest absolute Gasteiger partial charge is 0.135 e. The van der Waals surface area contributed by atoms with Gasteiger partial charge in [-0.15, -0.1) is 34.0 Å². The highest BCUT2D eigenvalue weighted by atomic mass is 32.1. The Morgan fingerprint density at radius 1 is 0.228 bits per heavy atom. The molecule has 0 saturated heterocycles.